The zero-order valence-corrected chi connectivity index (χ0v) is 14.6. The van der Waals surface area contributed by atoms with Gasteiger partial charge in [0.1, 0.15) is 11.5 Å². The number of benzene rings is 2. The smallest absolute Gasteiger partial charge is 0.271 e. The molecule has 1 N–H and O–H groups in total. The lowest BCUT2D eigenvalue weighted by Gasteiger charge is -2.08. The van der Waals surface area contributed by atoms with Gasteiger partial charge in [-0.3, -0.25) is 4.79 Å². The molecule has 0 unspecified atom stereocenters. The van der Waals surface area contributed by atoms with Crippen molar-refractivity contribution in [2.45, 2.75) is 20.8 Å². The molecule has 0 aliphatic heterocycles. The molecule has 2 aromatic carbocycles. The Morgan fingerprint density at radius 2 is 1.50 bits per heavy atom. The maximum absolute atomic E-state index is 12.3. The van der Waals surface area contributed by atoms with Crippen molar-refractivity contribution in [3.63, 3.8) is 0 Å². The minimum atomic E-state index is -0.328. The third kappa shape index (κ3) is 4.13. The van der Waals surface area contributed by atoms with E-state index in [1.807, 2.05) is 13.8 Å². The van der Waals surface area contributed by atoms with Crippen molar-refractivity contribution in [1.82, 2.24) is 5.43 Å². The molecule has 0 atom stereocenters. The number of hydrogen-bond donors (Lipinski definition) is 1. The summed E-state index contributed by atoms with van der Waals surface area (Å²) in [6, 6.07) is 9.15. The molecule has 0 fully saturated rings. The summed E-state index contributed by atoms with van der Waals surface area (Å²) in [4.78, 5) is 12.3. The van der Waals surface area contributed by atoms with E-state index in [9.17, 15) is 4.79 Å². The van der Waals surface area contributed by atoms with E-state index in [2.05, 4.69) is 29.6 Å². The summed E-state index contributed by atoms with van der Waals surface area (Å²) in [5, 5.41) is 4.07. The van der Waals surface area contributed by atoms with Gasteiger partial charge in [0.25, 0.3) is 5.91 Å². The number of nitrogens with one attached hydrogen (secondary N) is 1. The van der Waals surface area contributed by atoms with Gasteiger partial charge in [0.05, 0.1) is 20.4 Å². The van der Waals surface area contributed by atoms with Crippen molar-refractivity contribution in [3.8, 4) is 11.5 Å². The maximum atomic E-state index is 12.3. The number of ether oxygens (including phenoxy) is 2. The minimum absolute atomic E-state index is 0.328. The Balaban J connectivity index is 2.16. The van der Waals surface area contributed by atoms with Crippen LogP contribution in [0, 0.1) is 20.8 Å². The molecular formula is C19H22N2O3. The Morgan fingerprint density at radius 3 is 2.00 bits per heavy atom. The van der Waals surface area contributed by atoms with Gasteiger partial charge < -0.3 is 9.47 Å². The highest BCUT2D eigenvalue weighted by molar-refractivity contribution is 5.96. The standard InChI is InChI=1S/C19H22N2O3/c1-12-6-13(2)18(14(3)7-12)11-20-21-19(22)15-8-16(23-4)10-17(9-15)24-5/h6-11H,1-5H3,(H,21,22)/b20-11-. The number of hydrogen-bond acceptors (Lipinski definition) is 4. The lowest BCUT2D eigenvalue weighted by Crippen LogP contribution is -2.18. The van der Waals surface area contributed by atoms with E-state index in [1.54, 1.807) is 24.4 Å². The van der Waals surface area contributed by atoms with E-state index in [4.69, 9.17) is 9.47 Å². The summed E-state index contributed by atoms with van der Waals surface area (Å²) in [6.45, 7) is 6.10. The molecule has 2 rings (SSSR count). The van der Waals surface area contributed by atoms with Gasteiger partial charge >= 0.3 is 0 Å². The van der Waals surface area contributed by atoms with E-state index in [0.29, 0.717) is 17.1 Å². The average molecular weight is 326 g/mol. The van der Waals surface area contributed by atoms with Gasteiger partial charge in [-0.25, -0.2) is 5.43 Å². The van der Waals surface area contributed by atoms with Crippen LogP contribution in [-0.4, -0.2) is 26.3 Å². The number of carbonyl (C=O) groups excluding carboxylic acids is 1. The number of carbonyl (C=O) groups is 1. The molecule has 0 spiro atoms. The second-order valence-corrected chi connectivity index (χ2v) is 5.61. The van der Waals surface area contributed by atoms with Crippen LogP contribution in [0.2, 0.25) is 0 Å². The van der Waals surface area contributed by atoms with Crippen molar-refractivity contribution in [1.29, 1.82) is 0 Å². The van der Waals surface area contributed by atoms with Gasteiger partial charge in [-0.2, -0.15) is 5.10 Å². The molecule has 5 nitrogen and oxygen atoms in total. The second-order valence-electron chi connectivity index (χ2n) is 5.61. The molecule has 0 heterocycles. The van der Waals surface area contributed by atoms with Crippen molar-refractivity contribution < 1.29 is 14.3 Å². The molecule has 126 valence electrons. The minimum Gasteiger partial charge on any atom is -0.497 e. The molecule has 0 aliphatic rings. The van der Waals surface area contributed by atoms with Crippen LogP contribution in [0.25, 0.3) is 0 Å². The molecule has 0 aliphatic carbocycles. The lowest BCUT2D eigenvalue weighted by atomic mass is 10.0. The predicted molar refractivity (Wildman–Crippen MR) is 95.3 cm³/mol. The fourth-order valence-electron chi connectivity index (χ4n) is 2.55. The van der Waals surface area contributed by atoms with Crippen LogP contribution < -0.4 is 14.9 Å². The SMILES string of the molecule is COc1cc(OC)cc(C(=O)N/N=C\c2c(C)cc(C)cc2C)c1. The summed E-state index contributed by atoms with van der Waals surface area (Å²) in [5.41, 5.74) is 7.40. The molecule has 24 heavy (non-hydrogen) atoms. The van der Waals surface area contributed by atoms with E-state index in [1.165, 1.54) is 19.8 Å². The van der Waals surface area contributed by atoms with Crippen LogP contribution in [0.1, 0.15) is 32.6 Å². The highest BCUT2D eigenvalue weighted by Gasteiger charge is 2.09. The normalized spacial score (nSPS) is 10.7. The molecule has 0 saturated heterocycles. The highest BCUT2D eigenvalue weighted by Crippen LogP contribution is 2.22. The van der Waals surface area contributed by atoms with E-state index < -0.39 is 0 Å². The number of methoxy groups -OCH3 is 2. The number of amides is 1. The van der Waals surface area contributed by atoms with Crippen molar-refractivity contribution in [3.05, 3.63) is 58.1 Å². The van der Waals surface area contributed by atoms with Gasteiger partial charge in [-0.1, -0.05) is 17.7 Å². The largest absolute Gasteiger partial charge is 0.497 e. The van der Waals surface area contributed by atoms with Crippen molar-refractivity contribution in [2.24, 2.45) is 5.10 Å². The summed E-state index contributed by atoms with van der Waals surface area (Å²) >= 11 is 0. The Hall–Kier alpha value is -2.82. The molecule has 2 aromatic rings. The fraction of sp³-hybridized carbons (Fsp3) is 0.263. The Morgan fingerprint density at radius 1 is 0.958 bits per heavy atom. The highest BCUT2D eigenvalue weighted by atomic mass is 16.5. The topological polar surface area (TPSA) is 59.9 Å². The van der Waals surface area contributed by atoms with Crippen LogP contribution in [-0.2, 0) is 0 Å². The van der Waals surface area contributed by atoms with Crippen molar-refractivity contribution >= 4 is 12.1 Å². The van der Waals surface area contributed by atoms with Crippen LogP contribution >= 0.6 is 0 Å². The first kappa shape index (κ1) is 17.5. The van der Waals surface area contributed by atoms with Gasteiger partial charge in [-0.15, -0.1) is 0 Å². The molecule has 1 amide bonds. The predicted octanol–water partition coefficient (Wildman–Crippen LogP) is 3.39. The van der Waals surface area contributed by atoms with E-state index >= 15 is 0 Å². The lowest BCUT2D eigenvalue weighted by molar-refractivity contribution is 0.0954. The Labute approximate surface area is 142 Å². The molecule has 5 heteroatoms. The number of nitrogens with zero attached hydrogens (tertiary/aromatic N) is 1. The van der Waals surface area contributed by atoms with Crippen LogP contribution in [0.4, 0.5) is 0 Å². The molecule has 0 radical (unpaired) electrons. The van der Waals surface area contributed by atoms with Crippen LogP contribution in [0.3, 0.4) is 0 Å². The number of aryl methyl sites for hydroxylation is 3. The molecule has 0 bridgehead atoms. The monoisotopic (exact) mass is 326 g/mol. The molecular weight excluding hydrogens is 304 g/mol. The summed E-state index contributed by atoms with van der Waals surface area (Å²) in [5.74, 6) is 0.772. The van der Waals surface area contributed by atoms with Gasteiger partial charge in [0, 0.05) is 17.2 Å². The van der Waals surface area contributed by atoms with Crippen LogP contribution in [0.5, 0.6) is 11.5 Å². The third-order valence-electron chi connectivity index (χ3n) is 3.71. The zero-order valence-electron chi connectivity index (χ0n) is 14.6. The number of hydrazone groups is 1. The Kier molecular flexibility index (Phi) is 5.58. The third-order valence-corrected chi connectivity index (χ3v) is 3.71. The van der Waals surface area contributed by atoms with Gasteiger partial charge in [0.2, 0.25) is 0 Å². The van der Waals surface area contributed by atoms with Gasteiger partial charge in [0.15, 0.2) is 0 Å². The second kappa shape index (κ2) is 7.64. The number of rotatable bonds is 5. The van der Waals surface area contributed by atoms with E-state index in [0.717, 1.165) is 16.7 Å². The summed E-state index contributed by atoms with van der Waals surface area (Å²) in [7, 11) is 3.08. The van der Waals surface area contributed by atoms with E-state index in [-0.39, 0.29) is 5.91 Å². The summed E-state index contributed by atoms with van der Waals surface area (Å²) in [6.07, 6.45) is 1.67. The quantitative estimate of drug-likeness (QED) is 0.677. The maximum Gasteiger partial charge on any atom is 0.271 e. The summed E-state index contributed by atoms with van der Waals surface area (Å²) < 4.78 is 10.3. The van der Waals surface area contributed by atoms with Crippen LogP contribution in [0.15, 0.2) is 35.4 Å². The Bertz CT molecular complexity index is 737. The molecule has 0 aromatic heterocycles. The fourth-order valence-corrected chi connectivity index (χ4v) is 2.55. The van der Waals surface area contributed by atoms with Gasteiger partial charge in [-0.05, 0) is 44.0 Å². The first-order valence-corrected chi connectivity index (χ1v) is 7.59. The average Bonchev–Trinajstić information content (AvgIpc) is 2.56. The first-order valence-electron chi connectivity index (χ1n) is 7.59. The van der Waals surface area contributed by atoms with Crippen molar-refractivity contribution in [2.75, 3.05) is 14.2 Å². The first-order chi connectivity index (χ1) is 11.4. The molecule has 0 saturated carbocycles. The zero-order chi connectivity index (χ0) is 17.7.